The lowest BCUT2D eigenvalue weighted by Gasteiger charge is -2.13. The quantitative estimate of drug-likeness (QED) is 0.157. The van der Waals surface area contributed by atoms with Crippen molar-refractivity contribution in [1.82, 2.24) is 14.2 Å². The number of hydrogen-bond donors (Lipinski definition) is 3. The third-order valence-electron chi connectivity index (χ3n) is 5.11. The standard InChI is InChI=1S/C22H32Cl2IN5O2/c23-18-11-10-17(16-19(18)24)30-15-12-20(29-30)28-22(32)9-7-13-26-21(31)8-5-3-1-2-4-6-14-27-25/h10-11,16,27H,1-9,12-15H2,(H,26,31)(H,28,29,32). The van der Waals surface area contributed by atoms with Crippen LogP contribution in [0.2, 0.25) is 10.0 Å². The van der Waals surface area contributed by atoms with E-state index in [1.165, 1.54) is 25.7 Å². The van der Waals surface area contributed by atoms with Gasteiger partial charge in [0.05, 0.1) is 15.7 Å². The van der Waals surface area contributed by atoms with Crippen molar-refractivity contribution in [3.63, 3.8) is 0 Å². The Bertz CT molecular complexity index is 779. The van der Waals surface area contributed by atoms with Crippen molar-refractivity contribution in [2.75, 3.05) is 24.6 Å². The molecule has 1 aromatic rings. The summed E-state index contributed by atoms with van der Waals surface area (Å²) in [7, 11) is 0. The lowest BCUT2D eigenvalue weighted by molar-refractivity contribution is -0.122. The zero-order chi connectivity index (χ0) is 23.2. The summed E-state index contributed by atoms with van der Waals surface area (Å²) in [5.74, 6) is 0.611. The van der Waals surface area contributed by atoms with Crippen molar-refractivity contribution in [1.29, 1.82) is 0 Å². The first-order chi connectivity index (χ1) is 15.5. The van der Waals surface area contributed by atoms with Crippen LogP contribution in [-0.4, -0.2) is 37.3 Å². The van der Waals surface area contributed by atoms with E-state index in [1.807, 2.05) is 6.07 Å². The Morgan fingerprint density at radius 3 is 2.41 bits per heavy atom. The highest BCUT2D eigenvalue weighted by Crippen LogP contribution is 2.28. The van der Waals surface area contributed by atoms with Crippen LogP contribution in [0, 0.1) is 0 Å². The lowest BCUT2D eigenvalue weighted by atomic mass is 10.1. The molecule has 0 aliphatic carbocycles. The summed E-state index contributed by atoms with van der Waals surface area (Å²) in [6.07, 6.45) is 9.03. The molecule has 2 rings (SSSR count). The van der Waals surface area contributed by atoms with E-state index in [2.05, 4.69) is 42.1 Å². The van der Waals surface area contributed by atoms with Gasteiger partial charge in [0, 0.05) is 61.8 Å². The van der Waals surface area contributed by atoms with E-state index in [0.717, 1.165) is 25.1 Å². The smallest absolute Gasteiger partial charge is 0.225 e. The van der Waals surface area contributed by atoms with E-state index in [-0.39, 0.29) is 11.8 Å². The number of amides is 2. The van der Waals surface area contributed by atoms with E-state index in [0.29, 0.717) is 54.7 Å². The number of carbonyl (C=O) groups excluding carboxylic acids is 2. The summed E-state index contributed by atoms with van der Waals surface area (Å²) >= 11 is 14.2. The average molecular weight is 596 g/mol. The zero-order valence-corrected chi connectivity index (χ0v) is 21.9. The molecule has 1 aliphatic heterocycles. The topological polar surface area (TPSA) is 85.8 Å². The fraction of sp³-hybridized carbons (Fsp3) is 0.591. The van der Waals surface area contributed by atoms with Crippen LogP contribution in [0.5, 0.6) is 0 Å². The molecule has 3 N–H and O–H groups in total. The van der Waals surface area contributed by atoms with Crippen molar-refractivity contribution in [2.24, 2.45) is 5.10 Å². The van der Waals surface area contributed by atoms with Gasteiger partial charge in [0.2, 0.25) is 11.8 Å². The Morgan fingerprint density at radius 2 is 1.66 bits per heavy atom. The molecule has 7 nitrogen and oxygen atoms in total. The average Bonchev–Trinajstić information content (AvgIpc) is 3.23. The van der Waals surface area contributed by atoms with Gasteiger partial charge in [-0.05, 0) is 37.5 Å². The molecule has 1 heterocycles. The number of halogens is 3. The Morgan fingerprint density at radius 1 is 0.938 bits per heavy atom. The van der Waals surface area contributed by atoms with Crippen LogP contribution >= 0.6 is 46.1 Å². The molecule has 0 spiro atoms. The van der Waals surface area contributed by atoms with Gasteiger partial charge < -0.3 is 10.6 Å². The number of benzene rings is 1. The zero-order valence-electron chi connectivity index (χ0n) is 18.3. The van der Waals surface area contributed by atoms with Crippen molar-refractivity contribution in [2.45, 2.75) is 64.2 Å². The molecular formula is C22H32Cl2IN5O2. The van der Waals surface area contributed by atoms with Crippen LogP contribution in [0.15, 0.2) is 23.3 Å². The molecule has 0 atom stereocenters. The Labute approximate surface area is 214 Å². The number of rotatable bonds is 14. The number of amidine groups is 1. The third kappa shape index (κ3) is 10.7. The summed E-state index contributed by atoms with van der Waals surface area (Å²) in [4.78, 5) is 24.1. The SMILES string of the molecule is O=C(CCCCCCCCNI)NCCCC(=O)NC1=NN(c2ccc(Cl)c(Cl)c2)CC1. The largest absolute Gasteiger partial charge is 0.356 e. The molecule has 0 unspecified atom stereocenters. The first-order valence-electron chi connectivity index (χ1n) is 11.2. The second-order valence-corrected chi connectivity index (χ2v) is 9.35. The summed E-state index contributed by atoms with van der Waals surface area (Å²) < 4.78 is 3.12. The fourth-order valence-corrected chi connectivity index (χ4v) is 4.02. The molecule has 0 bridgehead atoms. The van der Waals surface area contributed by atoms with Crippen LogP contribution < -0.4 is 19.2 Å². The maximum absolute atomic E-state index is 12.2. The fourth-order valence-electron chi connectivity index (χ4n) is 3.35. The Balaban J connectivity index is 1.53. The van der Waals surface area contributed by atoms with E-state index in [9.17, 15) is 9.59 Å². The summed E-state index contributed by atoms with van der Waals surface area (Å²) in [5.41, 5.74) is 0.833. The van der Waals surface area contributed by atoms with Crippen LogP contribution in [0.4, 0.5) is 5.69 Å². The molecule has 10 heteroatoms. The van der Waals surface area contributed by atoms with Gasteiger partial charge in [0.25, 0.3) is 0 Å². The van der Waals surface area contributed by atoms with E-state index in [4.69, 9.17) is 23.2 Å². The second kappa shape index (κ2) is 15.7. The molecule has 178 valence electrons. The lowest BCUT2D eigenvalue weighted by Crippen LogP contribution is -2.30. The molecule has 0 fully saturated rings. The van der Waals surface area contributed by atoms with Gasteiger partial charge in [-0.25, -0.2) is 0 Å². The number of hydrogen-bond acceptors (Lipinski definition) is 5. The number of carbonyl (C=O) groups is 2. The minimum atomic E-state index is -0.0910. The molecule has 0 aromatic heterocycles. The molecular weight excluding hydrogens is 564 g/mol. The van der Waals surface area contributed by atoms with Crippen LogP contribution in [-0.2, 0) is 9.59 Å². The normalized spacial score (nSPS) is 13.2. The summed E-state index contributed by atoms with van der Waals surface area (Å²) in [5, 5.41) is 12.9. The first kappa shape index (κ1) is 27.1. The van der Waals surface area contributed by atoms with Crippen molar-refractivity contribution < 1.29 is 9.59 Å². The third-order valence-corrected chi connectivity index (χ3v) is 6.39. The first-order valence-corrected chi connectivity index (χ1v) is 13.0. The molecule has 1 aliphatic rings. The van der Waals surface area contributed by atoms with E-state index < -0.39 is 0 Å². The van der Waals surface area contributed by atoms with Crippen LogP contribution in [0.1, 0.15) is 64.2 Å². The van der Waals surface area contributed by atoms with Gasteiger partial charge >= 0.3 is 0 Å². The summed E-state index contributed by atoms with van der Waals surface area (Å²) in [6, 6.07) is 5.33. The van der Waals surface area contributed by atoms with Crippen molar-refractivity contribution >= 4 is 69.4 Å². The number of hydrazone groups is 1. The summed E-state index contributed by atoms with van der Waals surface area (Å²) in [6.45, 7) is 2.24. The van der Waals surface area contributed by atoms with Gasteiger partial charge in [-0.1, -0.05) is 48.9 Å². The van der Waals surface area contributed by atoms with Crippen LogP contribution in [0.25, 0.3) is 0 Å². The maximum Gasteiger partial charge on any atom is 0.225 e. The Hall–Kier alpha value is -1.10. The monoisotopic (exact) mass is 595 g/mol. The number of nitrogens with zero attached hydrogens (tertiary/aromatic N) is 2. The second-order valence-electron chi connectivity index (χ2n) is 7.77. The van der Waals surface area contributed by atoms with E-state index in [1.54, 1.807) is 17.1 Å². The molecule has 0 saturated heterocycles. The van der Waals surface area contributed by atoms with Crippen molar-refractivity contribution in [3.8, 4) is 0 Å². The number of nitrogens with one attached hydrogen (secondary N) is 3. The number of anilines is 1. The predicted molar refractivity (Wildman–Crippen MR) is 141 cm³/mol. The minimum Gasteiger partial charge on any atom is -0.356 e. The molecule has 0 saturated carbocycles. The van der Waals surface area contributed by atoms with Gasteiger partial charge in [-0.2, -0.15) is 5.10 Å². The van der Waals surface area contributed by atoms with Gasteiger partial charge in [0.1, 0.15) is 5.84 Å². The maximum atomic E-state index is 12.2. The van der Waals surface area contributed by atoms with Crippen LogP contribution in [0.3, 0.4) is 0 Å². The van der Waals surface area contributed by atoms with Gasteiger partial charge in [0.15, 0.2) is 0 Å². The van der Waals surface area contributed by atoms with Gasteiger partial charge in [-0.3, -0.25) is 18.1 Å². The number of unbranched alkanes of at least 4 members (excludes halogenated alkanes) is 5. The highest BCUT2D eigenvalue weighted by Gasteiger charge is 2.18. The molecule has 1 aromatic carbocycles. The highest BCUT2D eigenvalue weighted by atomic mass is 127. The predicted octanol–water partition coefficient (Wildman–Crippen LogP) is 5.20. The highest BCUT2D eigenvalue weighted by molar-refractivity contribution is 14.1. The molecule has 2 amide bonds. The molecule has 0 radical (unpaired) electrons. The van der Waals surface area contributed by atoms with E-state index >= 15 is 0 Å². The minimum absolute atomic E-state index is 0.0666. The van der Waals surface area contributed by atoms with Crippen molar-refractivity contribution in [3.05, 3.63) is 28.2 Å². The molecule has 32 heavy (non-hydrogen) atoms. The van der Waals surface area contributed by atoms with Gasteiger partial charge in [-0.15, -0.1) is 0 Å². The Kier molecular flexibility index (Phi) is 13.3.